The summed E-state index contributed by atoms with van der Waals surface area (Å²) in [5.74, 6) is 5.77. The molecule has 0 N–H and O–H groups in total. The third kappa shape index (κ3) is 2.34. The van der Waals surface area contributed by atoms with Crippen LogP contribution in [0.4, 0.5) is 4.39 Å². The van der Waals surface area contributed by atoms with E-state index in [1.54, 1.807) is 12.1 Å². The first kappa shape index (κ1) is 9.23. The second-order valence-corrected chi connectivity index (χ2v) is 3.28. The molecule has 0 unspecified atom stereocenters. The lowest BCUT2D eigenvalue weighted by Crippen LogP contribution is -1.99. The highest BCUT2D eigenvalue weighted by molar-refractivity contribution is 5.34. The van der Waals surface area contributed by atoms with E-state index in [1.165, 1.54) is 12.1 Å². The summed E-state index contributed by atoms with van der Waals surface area (Å²) in [7, 11) is 0. The van der Waals surface area contributed by atoms with Gasteiger partial charge < -0.3 is 4.74 Å². The van der Waals surface area contributed by atoms with E-state index in [9.17, 15) is 4.39 Å². The zero-order valence-electron chi connectivity index (χ0n) is 7.79. The Bertz CT molecular complexity index is 352. The number of hydrogen-bond donors (Lipinski definition) is 0. The summed E-state index contributed by atoms with van der Waals surface area (Å²) in [5.41, 5.74) is 0.835. The minimum Gasteiger partial charge on any atom is -0.366 e. The highest BCUT2D eigenvalue weighted by atomic mass is 19.1. The average Bonchev–Trinajstić information content (AvgIpc) is 2.70. The van der Waals surface area contributed by atoms with Crippen LogP contribution in [0.5, 0.6) is 0 Å². The van der Waals surface area contributed by atoms with Crippen molar-refractivity contribution in [2.24, 2.45) is 0 Å². The number of rotatable bonds is 0. The molecule has 0 radical (unpaired) electrons. The van der Waals surface area contributed by atoms with E-state index < -0.39 is 0 Å². The van der Waals surface area contributed by atoms with E-state index in [1.807, 2.05) is 0 Å². The van der Waals surface area contributed by atoms with Crippen LogP contribution in [0.1, 0.15) is 18.4 Å². The molecule has 2 rings (SSSR count). The first-order chi connectivity index (χ1) is 6.84. The minimum absolute atomic E-state index is 0.0695. The summed E-state index contributed by atoms with van der Waals surface area (Å²) in [6.07, 6.45) is 2.16. The highest BCUT2D eigenvalue weighted by Crippen LogP contribution is 2.10. The quantitative estimate of drug-likeness (QED) is 0.570. The Balaban J connectivity index is 2.05. The largest absolute Gasteiger partial charge is 0.366 e. The maximum Gasteiger partial charge on any atom is 0.123 e. The van der Waals surface area contributed by atoms with Crippen LogP contribution in [0.25, 0.3) is 0 Å². The lowest BCUT2D eigenvalue weighted by atomic mass is 10.2. The summed E-state index contributed by atoms with van der Waals surface area (Å²) in [6, 6.07) is 6.19. The molecule has 0 aromatic heterocycles. The third-order valence-electron chi connectivity index (χ3n) is 2.15. The van der Waals surface area contributed by atoms with Crippen molar-refractivity contribution in [1.82, 2.24) is 0 Å². The summed E-state index contributed by atoms with van der Waals surface area (Å²) in [6.45, 7) is 0.808. The van der Waals surface area contributed by atoms with Gasteiger partial charge in [0, 0.05) is 12.2 Å². The lowest BCUT2D eigenvalue weighted by molar-refractivity contribution is 0.152. The molecular weight excluding hydrogens is 179 g/mol. The molecule has 2 heteroatoms. The van der Waals surface area contributed by atoms with Crippen molar-refractivity contribution in [2.75, 3.05) is 6.61 Å². The zero-order valence-corrected chi connectivity index (χ0v) is 7.79. The van der Waals surface area contributed by atoms with Gasteiger partial charge in [-0.15, -0.1) is 0 Å². The molecule has 1 aliphatic heterocycles. The molecule has 1 aromatic carbocycles. The fourth-order valence-electron chi connectivity index (χ4n) is 1.39. The third-order valence-corrected chi connectivity index (χ3v) is 2.15. The van der Waals surface area contributed by atoms with Crippen molar-refractivity contribution >= 4 is 0 Å². The fourth-order valence-corrected chi connectivity index (χ4v) is 1.39. The van der Waals surface area contributed by atoms with Crippen LogP contribution >= 0.6 is 0 Å². The number of hydrogen-bond acceptors (Lipinski definition) is 1. The van der Waals surface area contributed by atoms with Crippen LogP contribution in [-0.2, 0) is 4.74 Å². The van der Waals surface area contributed by atoms with Gasteiger partial charge in [-0.25, -0.2) is 4.39 Å². The number of halogens is 1. The van der Waals surface area contributed by atoms with Crippen molar-refractivity contribution in [2.45, 2.75) is 18.9 Å². The van der Waals surface area contributed by atoms with Gasteiger partial charge in [-0.1, -0.05) is 11.8 Å². The van der Waals surface area contributed by atoms with Crippen LogP contribution < -0.4 is 0 Å². The van der Waals surface area contributed by atoms with Crippen LogP contribution in [0, 0.1) is 17.7 Å². The molecule has 1 fully saturated rings. The molecule has 0 saturated carbocycles. The van der Waals surface area contributed by atoms with Gasteiger partial charge in [0.15, 0.2) is 0 Å². The first-order valence-corrected chi connectivity index (χ1v) is 4.73. The fraction of sp³-hybridized carbons (Fsp3) is 0.333. The molecular formula is C12H11FO. The molecule has 0 bridgehead atoms. The standard InChI is InChI=1S/C12H11FO/c13-11-6-3-10(4-7-11)5-8-12-2-1-9-14-12/h3-4,6-7,12H,1-2,9H2/t12-/m0/s1. The summed E-state index contributed by atoms with van der Waals surface area (Å²) < 4.78 is 17.9. The van der Waals surface area contributed by atoms with Crippen molar-refractivity contribution in [3.8, 4) is 11.8 Å². The molecule has 72 valence electrons. The Kier molecular flexibility index (Phi) is 2.81. The summed E-state index contributed by atoms with van der Waals surface area (Å²) in [5, 5.41) is 0. The van der Waals surface area contributed by atoms with Crippen molar-refractivity contribution in [3.63, 3.8) is 0 Å². The smallest absolute Gasteiger partial charge is 0.123 e. The Morgan fingerprint density at radius 1 is 1.29 bits per heavy atom. The summed E-state index contributed by atoms with van der Waals surface area (Å²) >= 11 is 0. The van der Waals surface area contributed by atoms with Gasteiger partial charge in [-0.2, -0.15) is 0 Å². The van der Waals surface area contributed by atoms with Crippen LogP contribution in [0.15, 0.2) is 24.3 Å². The molecule has 1 nitrogen and oxygen atoms in total. The topological polar surface area (TPSA) is 9.23 Å². The van der Waals surface area contributed by atoms with E-state index in [2.05, 4.69) is 11.8 Å². The molecule has 0 aliphatic carbocycles. The highest BCUT2D eigenvalue weighted by Gasteiger charge is 2.11. The zero-order chi connectivity index (χ0) is 9.80. The normalized spacial score (nSPS) is 20.2. The second kappa shape index (κ2) is 4.26. The van der Waals surface area contributed by atoms with E-state index in [0.717, 1.165) is 25.0 Å². The minimum atomic E-state index is -0.229. The van der Waals surface area contributed by atoms with Gasteiger partial charge in [-0.3, -0.25) is 0 Å². The van der Waals surface area contributed by atoms with E-state index in [0.29, 0.717) is 0 Å². The van der Waals surface area contributed by atoms with Gasteiger partial charge in [0.2, 0.25) is 0 Å². The number of benzene rings is 1. The molecule has 0 spiro atoms. The van der Waals surface area contributed by atoms with Crippen molar-refractivity contribution < 1.29 is 9.13 Å². The van der Waals surface area contributed by atoms with Crippen LogP contribution in [0.2, 0.25) is 0 Å². The first-order valence-electron chi connectivity index (χ1n) is 4.73. The predicted molar refractivity (Wildman–Crippen MR) is 52.3 cm³/mol. The van der Waals surface area contributed by atoms with Crippen LogP contribution in [-0.4, -0.2) is 12.7 Å². The predicted octanol–water partition coefficient (Wildman–Crippen LogP) is 2.36. The Hall–Kier alpha value is -1.33. The Morgan fingerprint density at radius 3 is 2.71 bits per heavy atom. The van der Waals surface area contributed by atoms with E-state index >= 15 is 0 Å². The number of ether oxygens (including phenoxy) is 1. The van der Waals surface area contributed by atoms with Gasteiger partial charge in [0.25, 0.3) is 0 Å². The van der Waals surface area contributed by atoms with Crippen LogP contribution in [0.3, 0.4) is 0 Å². The second-order valence-electron chi connectivity index (χ2n) is 3.28. The Labute approximate surface area is 82.9 Å². The maximum absolute atomic E-state index is 12.6. The van der Waals surface area contributed by atoms with Gasteiger partial charge in [0.05, 0.1) is 0 Å². The molecule has 1 aromatic rings. The maximum atomic E-state index is 12.6. The van der Waals surface area contributed by atoms with E-state index in [4.69, 9.17) is 4.74 Å². The monoisotopic (exact) mass is 190 g/mol. The van der Waals surface area contributed by atoms with Gasteiger partial charge in [-0.05, 0) is 37.1 Å². The molecule has 1 atom stereocenters. The SMILES string of the molecule is Fc1ccc(C#C[C@@H]2CCCO2)cc1. The Morgan fingerprint density at radius 2 is 2.07 bits per heavy atom. The van der Waals surface area contributed by atoms with Gasteiger partial charge in [0.1, 0.15) is 11.9 Å². The molecule has 1 aliphatic rings. The van der Waals surface area contributed by atoms with Crippen molar-refractivity contribution in [1.29, 1.82) is 0 Å². The summed E-state index contributed by atoms with van der Waals surface area (Å²) in [4.78, 5) is 0. The molecule has 1 heterocycles. The molecule has 0 amide bonds. The van der Waals surface area contributed by atoms with E-state index in [-0.39, 0.29) is 11.9 Å². The van der Waals surface area contributed by atoms with Crippen molar-refractivity contribution in [3.05, 3.63) is 35.6 Å². The van der Waals surface area contributed by atoms with Gasteiger partial charge >= 0.3 is 0 Å². The average molecular weight is 190 g/mol. The lowest BCUT2D eigenvalue weighted by Gasteiger charge is -1.96. The molecule has 14 heavy (non-hydrogen) atoms. The molecule has 1 saturated heterocycles.